The highest BCUT2D eigenvalue weighted by Gasteiger charge is 2.09. The highest BCUT2D eigenvalue weighted by atomic mass is 16.5. The fraction of sp³-hybridized carbons (Fsp3) is 0.600. The molecular weight excluding hydrogens is 224 g/mol. The van der Waals surface area contributed by atoms with Gasteiger partial charge in [0.05, 0.1) is 13.2 Å². The second-order valence-corrected chi connectivity index (χ2v) is 5.06. The van der Waals surface area contributed by atoms with E-state index in [1.807, 2.05) is 0 Å². The average molecular weight is 248 g/mol. The van der Waals surface area contributed by atoms with Gasteiger partial charge in [0.2, 0.25) is 0 Å². The minimum absolute atomic E-state index is 0.886. The third kappa shape index (κ3) is 4.09. The van der Waals surface area contributed by atoms with E-state index in [9.17, 15) is 0 Å². The number of benzene rings is 1. The number of rotatable bonds is 5. The van der Waals surface area contributed by atoms with Gasteiger partial charge in [-0.15, -0.1) is 0 Å². The summed E-state index contributed by atoms with van der Waals surface area (Å²) < 4.78 is 5.34. The molecule has 3 nitrogen and oxygen atoms in total. The molecule has 1 aromatic carbocycles. The topological polar surface area (TPSA) is 24.5 Å². The van der Waals surface area contributed by atoms with Crippen LogP contribution >= 0.6 is 0 Å². The van der Waals surface area contributed by atoms with E-state index in [-0.39, 0.29) is 0 Å². The van der Waals surface area contributed by atoms with E-state index >= 15 is 0 Å². The predicted molar refractivity (Wildman–Crippen MR) is 74.9 cm³/mol. The molecule has 1 aliphatic rings. The largest absolute Gasteiger partial charge is 0.379 e. The molecule has 1 aliphatic heterocycles. The van der Waals surface area contributed by atoms with E-state index < -0.39 is 0 Å². The fourth-order valence-electron chi connectivity index (χ4n) is 2.28. The minimum Gasteiger partial charge on any atom is -0.379 e. The number of nitrogens with one attached hydrogen (secondary N) is 1. The van der Waals surface area contributed by atoms with E-state index in [2.05, 4.69) is 42.3 Å². The number of nitrogens with zero attached hydrogens (tertiary/aromatic N) is 1. The van der Waals surface area contributed by atoms with Gasteiger partial charge in [-0.3, -0.25) is 4.90 Å². The Balaban J connectivity index is 1.69. The SMILES string of the molecule is Cc1ccc(C)c(CNCCN2CCOCC2)c1. The molecule has 1 heterocycles. The van der Waals surface area contributed by atoms with Gasteiger partial charge < -0.3 is 10.1 Å². The number of hydrogen-bond acceptors (Lipinski definition) is 3. The van der Waals surface area contributed by atoms with Crippen LogP contribution in [-0.2, 0) is 11.3 Å². The lowest BCUT2D eigenvalue weighted by atomic mass is 10.1. The average Bonchev–Trinajstić information content (AvgIpc) is 2.40. The maximum absolute atomic E-state index is 5.34. The molecule has 0 aromatic heterocycles. The van der Waals surface area contributed by atoms with E-state index in [0.29, 0.717) is 0 Å². The molecule has 0 radical (unpaired) electrons. The van der Waals surface area contributed by atoms with Crippen LogP contribution in [0.5, 0.6) is 0 Å². The third-order valence-electron chi connectivity index (χ3n) is 3.53. The molecule has 0 saturated carbocycles. The summed E-state index contributed by atoms with van der Waals surface area (Å²) in [4.78, 5) is 2.46. The first kappa shape index (κ1) is 13.5. The molecule has 18 heavy (non-hydrogen) atoms. The number of morpholine rings is 1. The first-order valence-electron chi connectivity index (χ1n) is 6.82. The van der Waals surface area contributed by atoms with Gasteiger partial charge in [-0.1, -0.05) is 23.8 Å². The zero-order valence-corrected chi connectivity index (χ0v) is 11.5. The van der Waals surface area contributed by atoms with Gasteiger partial charge in [0, 0.05) is 32.7 Å². The smallest absolute Gasteiger partial charge is 0.0594 e. The summed E-state index contributed by atoms with van der Waals surface area (Å²) in [5, 5.41) is 3.53. The normalized spacial score (nSPS) is 17.0. The number of ether oxygens (including phenoxy) is 1. The van der Waals surface area contributed by atoms with Crippen LogP contribution in [0.25, 0.3) is 0 Å². The first-order chi connectivity index (χ1) is 8.75. The van der Waals surface area contributed by atoms with Crippen LogP contribution in [0.4, 0.5) is 0 Å². The molecule has 0 unspecified atom stereocenters. The Bertz CT molecular complexity index is 373. The molecule has 0 spiro atoms. The van der Waals surface area contributed by atoms with Gasteiger partial charge >= 0.3 is 0 Å². The highest BCUT2D eigenvalue weighted by molar-refractivity contribution is 5.30. The third-order valence-corrected chi connectivity index (χ3v) is 3.53. The second-order valence-electron chi connectivity index (χ2n) is 5.06. The monoisotopic (exact) mass is 248 g/mol. The van der Waals surface area contributed by atoms with E-state index in [4.69, 9.17) is 4.74 Å². The van der Waals surface area contributed by atoms with Crippen LogP contribution in [0.3, 0.4) is 0 Å². The van der Waals surface area contributed by atoms with Crippen molar-refractivity contribution in [1.82, 2.24) is 10.2 Å². The summed E-state index contributed by atoms with van der Waals surface area (Å²) in [6, 6.07) is 6.65. The van der Waals surface area contributed by atoms with Crippen molar-refractivity contribution in [2.45, 2.75) is 20.4 Å². The molecule has 1 aromatic rings. The van der Waals surface area contributed by atoms with Gasteiger partial charge in [0.15, 0.2) is 0 Å². The molecule has 1 fully saturated rings. The molecule has 2 rings (SSSR count). The highest BCUT2D eigenvalue weighted by Crippen LogP contribution is 2.10. The Morgan fingerprint density at radius 3 is 2.78 bits per heavy atom. The van der Waals surface area contributed by atoms with Crippen molar-refractivity contribution in [3.05, 3.63) is 34.9 Å². The molecule has 0 amide bonds. The Morgan fingerprint density at radius 2 is 2.00 bits per heavy atom. The molecule has 1 N–H and O–H groups in total. The Labute approximate surface area is 110 Å². The molecular formula is C15H24N2O. The van der Waals surface area contributed by atoms with Gasteiger partial charge in [0.25, 0.3) is 0 Å². The van der Waals surface area contributed by atoms with Crippen molar-refractivity contribution >= 4 is 0 Å². The van der Waals surface area contributed by atoms with E-state index in [0.717, 1.165) is 45.9 Å². The lowest BCUT2D eigenvalue weighted by Gasteiger charge is -2.26. The second kappa shape index (κ2) is 6.88. The fourth-order valence-corrected chi connectivity index (χ4v) is 2.28. The van der Waals surface area contributed by atoms with Crippen molar-refractivity contribution in [3.63, 3.8) is 0 Å². The van der Waals surface area contributed by atoms with Gasteiger partial charge in [-0.05, 0) is 25.0 Å². The maximum Gasteiger partial charge on any atom is 0.0594 e. The molecule has 0 bridgehead atoms. The van der Waals surface area contributed by atoms with Crippen molar-refractivity contribution in [3.8, 4) is 0 Å². The zero-order chi connectivity index (χ0) is 12.8. The Morgan fingerprint density at radius 1 is 1.22 bits per heavy atom. The lowest BCUT2D eigenvalue weighted by molar-refractivity contribution is 0.0384. The van der Waals surface area contributed by atoms with Crippen LogP contribution in [0, 0.1) is 13.8 Å². The molecule has 0 atom stereocenters. The molecule has 0 aliphatic carbocycles. The van der Waals surface area contributed by atoms with Crippen LogP contribution in [-0.4, -0.2) is 44.3 Å². The molecule has 3 heteroatoms. The Kier molecular flexibility index (Phi) is 5.17. The molecule has 1 saturated heterocycles. The zero-order valence-electron chi connectivity index (χ0n) is 11.5. The van der Waals surface area contributed by atoms with Crippen LogP contribution in [0.1, 0.15) is 16.7 Å². The van der Waals surface area contributed by atoms with Crippen LogP contribution < -0.4 is 5.32 Å². The predicted octanol–water partition coefficient (Wildman–Crippen LogP) is 1.73. The maximum atomic E-state index is 5.34. The number of hydrogen-bond donors (Lipinski definition) is 1. The van der Waals surface area contributed by atoms with Crippen molar-refractivity contribution in [1.29, 1.82) is 0 Å². The van der Waals surface area contributed by atoms with Crippen LogP contribution in [0.2, 0.25) is 0 Å². The van der Waals surface area contributed by atoms with Crippen LogP contribution in [0.15, 0.2) is 18.2 Å². The minimum atomic E-state index is 0.886. The van der Waals surface area contributed by atoms with Crippen molar-refractivity contribution in [2.75, 3.05) is 39.4 Å². The Hall–Kier alpha value is -0.900. The summed E-state index contributed by atoms with van der Waals surface area (Å²) in [7, 11) is 0. The summed E-state index contributed by atoms with van der Waals surface area (Å²) >= 11 is 0. The van der Waals surface area contributed by atoms with Crippen molar-refractivity contribution < 1.29 is 4.74 Å². The summed E-state index contributed by atoms with van der Waals surface area (Å²) in [5.74, 6) is 0. The van der Waals surface area contributed by atoms with E-state index in [1.165, 1.54) is 16.7 Å². The molecule has 100 valence electrons. The van der Waals surface area contributed by atoms with Gasteiger partial charge in [0.1, 0.15) is 0 Å². The van der Waals surface area contributed by atoms with Gasteiger partial charge in [-0.2, -0.15) is 0 Å². The standard InChI is InChI=1S/C15H24N2O/c1-13-3-4-14(2)15(11-13)12-16-5-6-17-7-9-18-10-8-17/h3-4,11,16H,5-10,12H2,1-2H3. The van der Waals surface area contributed by atoms with E-state index in [1.54, 1.807) is 0 Å². The van der Waals surface area contributed by atoms with Crippen molar-refractivity contribution in [2.24, 2.45) is 0 Å². The lowest BCUT2D eigenvalue weighted by Crippen LogP contribution is -2.40. The summed E-state index contributed by atoms with van der Waals surface area (Å²) in [6.07, 6.45) is 0. The van der Waals surface area contributed by atoms with Gasteiger partial charge in [-0.25, -0.2) is 0 Å². The first-order valence-corrected chi connectivity index (χ1v) is 6.82. The summed E-state index contributed by atoms with van der Waals surface area (Å²) in [6.45, 7) is 11.4. The number of aryl methyl sites for hydroxylation is 2. The quantitative estimate of drug-likeness (QED) is 0.803. The summed E-state index contributed by atoms with van der Waals surface area (Å²) in [5.41, 5.74) is 4.13.